The number of benzene rings is 2. The number of urea groups is 1. The van der Waals surface area contributed by atoms with Gasteiger partial charge in [-0.2, -0.15) is 0 Å². The van der Waals surface area contributed by atoms with Crippen LogP contribution in [0.15, 0.2) is 66.9 Å². The van der Waals surface area contributed by atoms with Crippen molar-refractivity contribution in [3.05, 3.63) is 89.3 Å². The van der Waals surface area contributed by atoms with E-state index in [1.54, 1.807) is 7.11 Å². The number of hydrogen-bond donors (Lipinski definition) is 2. The molecule has 0 unspecified atom stereocenters. The lowest BCUT2D eigenvalue weighted by molar-refractivity contribution is 0.148. The third-order valence-electron chi connectivity index (χ3n) is 7.07. The number of amides is 2. The summed E-state index contributed by atoms with van der Waals surface area (Å²) >= 11 is 0. The second kappa shape index (κ2) is 11.7. The lowest BCUT2D eigenvalue weighted by Crippen LogP contribution is -2.43. The third kappa shape index (κ3) is 6.25. The molecule has 5 rings (SSSR count). The number of aromatic nitrogens is 1. The highest BCUT2D eigenvalue weighted by atomic mass is 16.5. The first-order valence-electron chi connectivity index (χ1n) is 12.9. The predicted octanol–water partition coefficient (Wildman–Crippen LogP) is 4.25. The minimum Gasteiger partial charge on any atom is -0.383 e. The van der Waals surface area contributed by atoms with Crippen LogP contribution in [0.5, 0.6) is 0 Å². The zero-order chi connectivity index (χ0) is 25.6. The Kier molecular flexibility index (Phi) is 7.94. The third-order valence-corrected chi connectivity index (χ3v) is 7.07. The number of ether oxygens (including phenoxy) is 1. The Balaban J connectivity index is 1.28. The van der Waals surface area contributed by atoms with Crippen LogP contribution < -0.4 is 10.6 Å². The second-order valence-electron chi connectivity index (χ2n) is 9.77. The van der Waals surface area contributed by atoms with Gasteiger partial charge in [0.05, 0.1) is 12.3 Å². The van der Waals surface area contributed by atoms with Gasteiger partial charge in [0.15, 0.2) is 0 Å². The van der Waals surface area contributed by atoms with Crippen molar-refractivity contribution in [3.8, 4) is 11.1 Å². The zero-order valence-corrected chi connectivity index (χ0v) is 21.7. The molecule has 7 nitrogen and oxygen atoms in total. The van der Waals surface area contributed by atoms with Gasteiger partial charge in [0.2, 0.25) is 0 Å². The number of hydrogen-bond acceptors (Lipinski definition) is 5. The van der Waals surface area contributed by atoms with E-state index in [-0.39, 0.29) is 6.03 Å². The Labute approximate surface area is 219 Å². The number of nitrogens with zero attached hydrogens (tertiary/aromatic N) is 3. The van der Waals surface area contributed by atoms with E-state index < -0.39 is 0 Å². The molecule has 0 atom stereocenters. The smallest absolute Gasteiger partial charge is 0.319 e. The molecule has 2 N–H and O–H groups in total. The van der Waals surface area contributed by atoms with E-state index in [1.165, 1.54) is 11.1 Å². The Morgan fingerprint density at radius 2 is 1.81 bits per heavy atom. The van der Waals surface area contributed by atoms with Crippen LogP contribution in [0.2, 0.25) is 0 Å². The summed E-state index contributed by atoms with van der Waals surface area (Å²) in [4.78, 5) is 21.9. The molecular weight excluding hydrogens is 462 g/mol. The molecule has 1 aromatic heterocycles. The minimum absolute atomic E-state index is 0.241. The molecule has 0 spiro atoms. The maximum absolute atomic E-state index is 12.2. The summed E-state index contributed by atoms with van der Waals surface area (Å²) in [6.45, 7) is 6.45. The Hall–Kier alpha value is -3.52. The van der Waals surface area contributed by atoms with Gasteiger partial charge >= 0.3 is 6.03 Å². The molecular formula is C30H35N5O2. The Morgan fingerprint density at radius 3 is 2.59 bits per heavy atom. The molecule has 0 radical (unpaired) electrons. The molecule has 1 aliphatic carbocycles. The molecule has 37 heavy (non-hydrogen) atoms. The number of piperazine rings is 1. The van der Waals surface area contributed by atoms with Crippen molar-refractivity contribution < 1.29 is 9.53 Å². The molecule has 192 valence electrons. The van der Waals surface area contributed by atoms with Crippen LogP contribution in [0, 0.1) is 0 Å². The average molecular weight is 498 g/mol. The van der Waals surface area contributed by atoms with Gasteiger partial charge in [-0.05, 0) is 47.5 Å². The lowest BCUT2D eigenvalue weighted by Gasteiger charge is -2.32. The molecule has 3 aromatic rings. The van der Waals surface area contributed by atoms with Crippen LogP contribution in [0.25, 0.3) is 16.7 Å². The highest BCUT2D eigenvalue weighted by Crippen LogP contribution is 2.35. The van der Waals surface area contributed by atoms with Crippen LogP contribution in [0.1, 0.15) is 22.4 Å². The fourth-order valence-electron chi connectivity index (χ4n) is 4.90. The first-order chi connectivity index (χ1) is 18.1. The molecule has 0 bridgehead atoms. The highest BCUT2D eigenvalue weighted by molar-refractivity contribution is 5.91. The molecule has 0 saturated carbocycles. The van der Waals surface area contributed by atoms with Crippen molar-refractivity contribution in [2.75, 3.05) is 58.8 Å². The van der Waals surface area contributed by atoms with Crippen molar-refractivity contribution in [2.45, 2.75) is 13.0 Å². The van der Waals surface area contributed by atoms with E-state index in [2.05, 4.69) is 70.0 Å². The van der Waals surface area contributed by atoms with E-state index in [4.69, 9.17) is 9.72 Å². The molecule has 7 heteroatoms. The fraction of sp³-hybridized carbons (Fsp3) is 0.333. The number of anilines is 1. The molecule has 1 fully saturated rings. The van der Waals surface area contributed by atoms with Gasteiger partial charge < -0.3 is 20.3 Å². The van der Waals surface area contributed by atoms with E-state index in [9.17, 15) is 4.79 Å². The van der Waals surface area contributed by atoms with Gasteiger partial charge in [0.1, 0.15) is 0 Å². The number of pyridine rings is 1. The standard InChI is InChI=1S/C30H35N5O2/c1-34-13-15-35(16-14-34)21-22-6-8-23(9-7-22)25-19-28-27(10-11-29(28)32-20-25)24-4-3-5-26(18-24)33-30(36)31-12-17-37-2/h3-10,18-20H,11-17,21H2,1-2H3,(H2,31,33,36). The zero-order valence-electron chi connectivity index (χ0n) is 21.7. The summed E-state index contributed by atoms with van der Waals surface area (Å²) < 4.78 is 4.98. The largest absolute Gasteiger partial charge is 0.383 e. The van der Waals surface area contributed by atoms with Gasteiger partial charge in [-0.1, -0.05) is 42.5 Å². The predicted molar refractivity (Wildman–Crippen MR) is 149 cm³/mol. The van der Waals surface area contributed by atoms with Crippen molar-refractivity contribution >= 4 is 17.3 Å². The molecule has 1 saturated heterocycles. The van der Waals surface area contributed by atoms with E-state index in [1.807, 2.05) is 24.4 Å². The van der Waals surface area contributed by atoms with Gasteiger partial charge in [0, 0.05) is 75.8 Å². The van der Waals surface area contributed by atoms with Gasteiger partial charge in [-0.3, -0.25) is 9.88 Å². The number of allylic oxidation sites excluding steroid dienone is 1. The number of rotatable bonds is 8. The Bertz CT molecular complexity index is 1260. The first-order valence-corrected chi connectivity index (χ1v) is 12.9. The van der Waals surface area contributed by atoms with E-state index in [0.29, 0.717) is 13.2 Å². The molecule has 1 aliphatic heterocycles. The molecule has 2 heterocycles. The summed E-state index contributed by atoms with van der Waals surface area (Å²) in [5.74, 6) is 0. The van der Waals surface area contributed by atoms with Crippen molar-refractivity contribution in [2.24, 2.45) is 0 Å². The fourth-order valence-corrected chi connectivity index (χ4v) is 4.90. The number of likely N-dealkylation sites (N-methyl/N-ethyl adjacent to an activating group) is 1. The highest BCUT2D eigenvalue weighted by Gasteiger charge is 2.19. The van der Waals surface area contributed by atoms with Gasteiger partial charge in [-0.15, -0.1) is 0 Å². The summed E-state index contributed by atoms with van der Waals surface area (Å²) in [6.07, 6.45) is 5.01. The Morgan fingerprint density at radius 1 is 1.00 bits per heavy atom. The summed E-state index contributed by atoms with van der Waals surface area (Å²) in [5.41, 5.74) is 8.84. The SMILES string of the molecule is COCCNC(=O)Nc1cccc(C2=CCc3ncc(-c4ccc(CN5CCN(C)CC5)cc4)cc32)c1. The number of carbonyl (C=O) groups excluding carboxylic acids is 1. The van der Waals surface area contributed by atoms with Crippen LogP contribution in [0.3, 0.4) is 0 Å². The van der Waals surface area contributed by atoms with Crippen LogP contribution in [-0.2, 0) is 17.7 Å². The van der Waals surface area contributed by atoms with Gasteiger partial charge in [-0.25, -0.2) is 4.79 Å². The first kappa shape index (κ1) is 25.1. The maximum Gasteiger partial charge on any atom is 0.319 e. The van der Waals surface area contributed by atoms with E-state index >= 15 is 0 Å². The normalized spacial score (nSPS) is 15.8. The second-order valence-corrected chi connectivity index (χ2v) is 9.77. The van der Waals surface area contributed by atoms with Crippen molar-refractivity contribution in [1.29, 1.82) is 0 Å². The van der Waals surface area contributed by atoms with Crippen LogP contribution in [0.4, 0.5) is 10.5 Å². The van der Waals surface area contributed by atoms with Crippen LogP contribution >= 0.6 is 0 Å². The molecule has 2 aromatic carbocycles. The number of fused-ring (bicyclic) bond motifs is 1. The topological polar surface area (TPSA) is 69.7 Å². The summed E-state index contributed by atoms with van der Waals surface area (Å²) in [5, 5.41) is 5.69. The summed E-state index contributed by atoms with van der Waals surface area (Å²) in [7, 11) is 3.80. The van der Waals surface area contributed by atoms with E-state index in [0.717, 1.165) is 72.8 Å². The number of carbonyl (C=O) groups is 1. The monoisotopic (exact) mass is 497 g/mol. The quantitative estimate of drug-likeness (QED) is 0.456. The van der Waals surface area contributed by atoms with Crippen molar-refractivity contribution in [1.82, 2.24) is 20.1 Å². The summed E-state index contributed by atoms with van der Waals surface area (Å²) in [6, 6.07) is 18.9. The van der Waals surface area contributed by atoms with Crippen LogP contribution in [-0.4, -0.2) is 74.3 Å². The number of nitrogens with one attached hydrogen (secondary N) is 2. The average Bonchev–Trinajstić information content (AvgIpc) is 3.34. The lowest BCUT2D eigenvalue weighted by atomic mass is 9.97. The van der Waals surface area contributed by atoms with Crippen molar-refractivity contribution in [3.63, 3.8) is 0 Å². The number of methoxy groups -OCH3 is 1. The van der Waals surface area contributed by atoms with Gasteiger partial charge in [0.25, 0.3) is 0 Å². The minimum atomic E-state index is -0.241. The maximum atomic E-state index is 12.2. The molecule has 2 amide bonds. The molecule has 2 aliphatic rings.